The summed E-state index contributed by atoms with van der Waals surface area (Å²) < 4.78 is 5.49. The molecule has 2 aliphatic heterocycles. The number of ether oxygens (including phenoxy) is 1. The summed E-state index contributed by atoms with van der Waals surface area (Å²) in [7, 11) is 0. The van der Waals surface area contributed by atoms with Crippen molar-refractivity contribution in [3.63, 3.8) is 0 Å². The van der Waals surface area contributed by atoms with Crippen molar-refractivity contribution in [1.29, 1.82) is 5.26 Å². The smallest absolute Gasteiger partial charge is 0.228 e. The molecule has 2 aliphatic rings. The molecule has 11 heteroatoms. The van der Waals surface area contributed by atoms with Crippen LogP contribution in [0.4, 0.5) is 17.5 Å². The number of hydrogen-bond acceptors (Lipinski definition) is 9. The van der Waals surface area contributed by atoms with Crippen molar-refractivity contribution in [3.8, 4) is 6.19 Å². The number of morpholine rings is 1. The van der Waals surface area contributed by atoms with E-state index in [4.69, 9.17) is 14.7 Å². The molecule has 0 bridgehead atoms. The Balaban J connectivity index is 1.23. The number of guanidine groups is 1. The van der Waals surface area contributed by atoms with E-state index in [9.17, 15) is 5.26 Å². The molecule has 2 aromatic carbocycles. The first-order chi connectivity index (χ1) is 21.1. The number of benzene rings is 2. The van der Waals surface area contributed by atoms with Crippen molar-refractivity contribution < 1.29 is 4.74 Å². The molecule has 4 heterocycles. The van der Waals surface area contributed by atoms with Crippen molar-refractivity contribution in [2.75, 3.05) is 74.6 Å². The fraction of sp³-hybridized carbons (Fsp3) is 0.406. The monoisotopic (exact) mass is 578 g/mol. The highest BCUT2D eigenvalue weighted by Gasteiger charge is 2.33. The number of aliphatic imine (C=N–C) groups is 1. The van der Waals surface area contributed by atoms with Crippen molar-refractivity contribution in [3.05, 3.63) is 60.8 Å². The number of piperazine rings is 1. The van der Waals surface area contributed by atoms with E-state index in [-0.39, 0.29) is 12.0 Å². The third kappa shape index (κ3) is 6.45. The van der Waals surface area contributed by atoms with Crippen molar-refractivity contribution in [2.45, 2.75) is 19.9 Å². The van der Waals surface area contributed by atoms with E-state index in [2.05, 4.69) is 55.2 Å². The van der Waals surface area contributed by atoms with Crippen molar-refractivity contribution in [2.24, 2.45) is 10.9 Å². The van der Waals surface area contributed by atoms with Gasteiger partial charge in [-0.05, 0) is 42.3 Å². The van der Waals surface area contributed by atoms with Gasteiger partial charge in [-0.25, -0.2) is 4.98 Å². The SMILES string of the molecule is CC(C)C1CN(c2nc(NCCN3CCOCC3)c3ccccc3n2)CCN1/C(=N\C#N)Nc1cccc2ncccc12. The van der Waals surface area contributed by atoms with E-state index in [0.29, 0.717) is 31.5 Å². The Hall–Kier alpha value is -4.53. The van der Waals surface area contributed by atoms with Gasteiger partial charge in [0.2, 0.25) is 18.1 Å². The first-order valence-corrected chi connectivity index (χ1v) is 15.0. The first kappa shape index (κ1) is 28.6. The lowest BCUT2D eigenvalue weighted by Crippen LogP contribution is -2.59. The molecule has 1 atom stereocenters. The predicted octanol–water partition coefficient (Wildman–Crippen LogP) is 4.02. The molecule has 43 heavy (non-hydrogen) atoms. The Bertz CT molecular complexity index is 1620. The number of rotatable bonds is 7. The second-order valence-electron chi connectivity index (χ2n) is 11.3. The van der Waals surface area contributed by atoms with Crippen LogP contribution in [0.3, 0.4) is 0 Å². The van der Waals surface area contributed by atoms with Crippen LogP contribution in [0.15, 0.2) is 65.8 Å². The predicted molar refractivity (Wildman–Crippen MR) is 171 cm³/mol. The molecule has 11 nitrogen and oxygen atoms in total. The fourth-order valence-electron chi connectivity index (χ4n) is 5.87. The summed E-state index contributed by atoms with van der Waals surface area (Å²) in [5.41, 5.74) is 2.68. The summed E-state index contributed by atoms with van der Waals surface area (Å²) in [6.07, 6.45) is 3.80. The van der Waals surface area contributed by atoms with E-state index in [1.807, 2.05) is 54.7 Å². The maximum Gasteiger partial charge on any atom is 0.228 e. The molecule has 0 radical (unpaired) electrons. The van der Waals surface area contributed by atoms with Crippen LogP contribution < -0.4 is 15.5 Å². The molecular formula is C32H38N10O. The van der Waals surface area contributed by atoms with E-state index in [1.54, 1.807) is 6.20 Å². The second kappa shape index (κ2) is 13.2. The van der Waals surface area contributed by atoms with E-state index in [0.717, 1.165) is 72.7 Å². The molecule has 0 spiro atoms. The number of hydrogen-bond donors (Lipinski definition) is 2. The summed E-state index contributed by atoms with van der Waals surface area (Å²) in [4.78, 5) is 25.6. The summed E-state index contributed by atoms with van der Waals surface area (Å²) in [6.45, 7) is 11.7. The van der Waals surface area contributed by atoms with Crippen LogP contribution in [0.2, 0.25) is 0 Å². The van der Waals surface area contributed by atoms with Gasteiger partial charge < -0.3 is 25.2 Å². The molecular weight excluding hydrogens is 540 g/mol. The number of para-hydroxylation sites is 1. The Morgan fingerprint density at radius 2 is 1.81 bits per heavy atom. The molecule has 0 saturated carbocycles. The lowest BCUT2D eigenvalue weighted by molar-refractivity contribution is 0.0398. The molecule has 2 N–H and O–H groups in total. The highest BCUT2D eigenvalue weighted by Crippen LogP contribution is 2.28. The average molecular weight is 579 g/mol. The molecule has 2 saturated heterocycles. The highest BCUT2D eigenvalue weighted by atomic mass is 16.5. The van der Waals surface area contributed by atoms with Crippen LogP contribution in [-0.4, -0.2) is 95.8 Å². The van der Waals surface area contributed by atoms with E-state index in [1.165, 1.54) is 0 Å². The second-order valence-corrected chi connectivity index (χ2v) is 11.3. The minimum absolute atomic E-state index is 0.0780. The zero-order valence-electron chi connectivity index (χ0n) is 24.8. The topological polar surface area (TPSA) is 118 Å². The van der Waals surface area contributed by atoms with Gasteiger partial charge in [-0.3, -0.25) is 9.88 Å². The first-order valence-electron chi connectivity index (χ1n) is 15.0. The lowest BCUT2D eigenvalue weighted by atomic mass is 10.00. The van der Waals surface area contributed by atoms with Crippen molar-refractivity contribution in [1.82, 2.24) is 24.8 Å². The Labute approximate surface area is 252 Å². The summed E-state index contributed by atoms with van der Waals surface area (Å²) in [5.74, 6) is 2.40. The number of pyridine rings is 1. The van der Waals surface area contributed by atoms with Gasteiger partial charge in [0, 0.05) is 62.8 Å². The van der Waals surface area contributed by atoms with E-state index >= 15 is 0 Å². The largest absolute Gasteiger partial charge is 0.379 e. The van der Waals surface area contributed by atoms with Crippen LogP contribution in [0.25, 0.3) is 21.8 Å². The summed E-state index contributed by atoms with van der Waals surface area (Å²) in [6, 6.07) is 18.1. The Morgan fingerprint density at radius 3 is 2.65 bits per heavy atom. The van der Waals surface area contributed by atoms with Gasteiger partial charge in [0.15, 0.2) is 0 Å². The van der Waals surface area contributed by atoms with Gasteiger partial charge in [-0.2, -0.15) is 10.2 Å². The number of fused-ring (bicyclic) bond motifs is 2. The molecule has 0 aliphatic carbocycles. The van der Waals surface area contributed by atoms with Gasteiger partial charge in [0.1, 0.15) is 5.82 Å². The lowest BCUT2D eigenvalue weighted by Gasteiger charge is -2.44. The fourth-order valence-corrected chi connectivity index (χ4v) is 5.87. The zero-order chi connectivity index (χ0) is 29.6. The van der Waals surface area contributed by atoms with Crippen LogP contribution in [0.1, 0.15) is 13.8 Å². The van der Waals surface area contributed by atoms with E-state index < -0.39 is 0 Å². The Kier molecular flexibility index (Phi) is 8.77. The number of nitrogens with one attached hydrogen (secondary N) is 2. The van der Waals surface area contributed by atoms with Gasteiger partial charge >= 0.3 is 0 Å². The van der Waals surface area contributed by atoms with Gasteiger partial charge in [-0.15, -0.1) is 4.99 Å². The van der Waals surface area contributed by atoms with Crippen molar-refractivity contribution >= 4 is 45.2 Å². The molecule has 4 aromatic rings. The van der Waals surface area contributed by atoms with Crippen LogP contribution in [-0.2, 0) is 4.74 Å². The third-order valence-corrected chi connectivity index (χ3v) is 8.21. The normalized spacial score (nSPS) is 18.3. The molecule has 1 unspecified atom stereocenters. The van der Waals surface area contributed by atoms with Crippen LogP contribution in [0, 0.1) is 17.4 Å². The minimum atomic E-state index is 0.0780. The maximum absolute atomic E-state index is 9.64. The quantitative estimate of drug-likeness (QED) is 0.189. The molecule has 222 valence electrons. The maximum atomic E-state index is 9.64. The highest BCUT2D eigenvalue weighted by molar-refractivity contribution is 6.02. The van der Waals surface area contributed by atoms with Crippen LogP contribution in [0.5, 0.6) is 0 Å². The number of aromatic nitrogens is 3. The molecule has 2 aromatic heterocycles. The van der Waals surface area contributed by atoms with Gasteiger partial charge in [0.05, 0.1) is 36.0 Å². The van der Waals surface area contributed by atoms with Gasteiger partial charge in [-0.1, -0.05) is 32.0 Å². The minimum Gasteiger partial charge on any atom is -0.379 e. The van der Waals surface area contributed by atoms with Gasteiger partial charge in [0.25, 0.3) is 0 Å². The summed E-state index contributed by atoms with van der Waals surface area (Å²) >= 11 is 0. The standard InChI is InChI=1S/C32H38N10O/c1-23(2)29-21-41(15-16-42(29)31(36-22-33)37-27-11-5-10-26-24(27)8-6-12-34-26)32-38-28-9-4-3-7-25(28)30(39-32)35-13-14-40-17-19-43-20-18-40/h3-12,23,29H,13-21H2,1-2H3,(H,36,37)(H,35,38,39). The number of nitrogens with zero attached hydrogens (tertiary/aromatic N) is 8. The summed E-state index contributed by atoms with van der Waals surface area (Å²) in [5, 5.41) is 18.7. The molecule has 0 amide bonds. The van der Waals surface area contributed by atoms with Crippen LogP contribution >= 0.6 is 0 Å². The average Bonchev–Trinajstić information content (AvgIpc) is 3.05. The third-order valence-electron chi connectivity index (χ3n) is 8.21. The molecule has 6 rings (SSSR count). The molecule has 2 fully saturated rings. The number of nitriles is 1. The zero-order valence-corrected chi connectivity index (χ0v) is 24.8. The Morgan fingerprint density at radius 1 is 1.00 bits per heavy atom. The number of anilines is 3.